The van der Waals surface area contributed by atoms with Gasteiger partial charge in [0.05, 0.1) is 0 Å². The van der Waals surface area contributed by atoms with E-state index in [1.54, 1.807) is 0 Å². The van der Waals surface area contributed by atoms with Crippen molar-refractivity contribution in [3.8, 4) is 11.5 Å². The maximum absolute atomic E-state index is 5.76. The Labute approximate surface area is 184 Å². The van der Waals surface area contributed by atoms with Gasteiger partial charge in [0.15, 0.2) is 11.5 Å². The van der Waals surface area contributed by atoms with Gasteiger partial charge in [-0.25, -0.2) is 4.98 Å². The van der Waals surface area contributed by atoms with Gasteiger partial charge in [-0.2, -0.15) is 0 Å². The molecular formula is C26H29N3O2. The molecule has 5 heteroatoms. The third kappa shape index (κ3) is 4.83. The molecule has 5 nitrogen and oxygen atoms in total. The average molecular weight is 416 g/mol. The fraction of sp³-hybridized carbons (Fsp3) is 0.346. The zero-order chi connectivity index (χ0) is 20.9. The lowest BCUT2D eigenvalue weighted by Gasteiger charge is -2.28. The number of benzene rings is 2. The second-order valence-corrected chi connectivity index (χ2v) is 8.35. The largest absolute Gasteiger partial charge is 0.454 e. The van der Waals surface area contributed by atoms with Crippen LogP contribution in [0.25, 0.3) is 0 Å². The standard InChI is InChI=1S/C26H29N3O2/c1-3-8-21(9-4-1)17-28(19-23-10-7-11-24-26(23)31-20-30-24)18-22-12-13-27-25(16-22)29-14-5-2-6-15-29/h1,3-4,7-13,16H,2,5-6,14-15,17-20H2. The Balaban J connectivity index is 1.38. The lowest BCUT2D eigenvalue weighted by molar-refractivity contribution is 0.171. The van der Waals surface area contributed by atoms with Gasteiger partial charge >= 0.3 is 0 Å². The summed E-state index contributed by atoms with van der Waals surface area (Å²) in [6, 6.07) is 21.2. The number of rotatable bonds is 7. The van der Waals surface area contributed by atoms with Crippen LogP contribution in [0.2, 0.25) is 0 Å². The molecule has 0 bridgehead atoms. The van der Waals surface area contributed by atoms with E-state index >= 15 is 0 Å². The topological polar surface area (TPSA) is 37.8 Å². The van der Waals surface area contributed by atoms with Gasteiger partial charge in [0.2, 0.25) is 6.79 Å². The van der Waals surface area contributed by atoms with Crippen LogP contribution in [0, 0.1) is 0 Å². The Morgan fingerprint density at radius 3 is 2.52 bits per heavy atom. The quantitative estimate of drug-likeness (QED) is 0.543. The molecule has 2 aromatic carbocycles. The lowest BCUT2D eigenvalue weighted by Crippen LogP contribution is -2.30. The number of pyridine rings is 1. The first-order valence-corrected chi connectivity index (χ1v) is 11.2. The fourth-order valence-corrected chi connectivity index (χ4v) is 4.48. The Kier molecular flexibility index (Phi) is 6.03. The summed E-state index contributed by atoms with van der Waals surface area (Å²) in [5.74, 6) is 2.83. The molecule has 5 rings (SSSR count). The Bertz CT molecular complexity index is 1000. The predicted molar refractivity (Wildman–Crippen MR) is 122 cm³/mol. The van der Waals surface area contributed by atoms with Gasteiger partial charge in [-0.05, 0) is 48.6 Å². The maximum Gasteiger partial charge on any atom is 0.231 e. The molecule has 0 saturated carbocycles. The number of aromatic nitrogens is 1. The highest BCUT2D eigenvalue weighted by atomic mass is 16.7. The SMILES string of the molecule is c1ccc(CN(Cc2ccnc(N3CCCCC3)c2)Cc2cccc3c2OCO3)cc1. The third-order valence-electron chi connectivity index (χ3n) is 6.02. The van der Waals surface area contributed by atoms with Gasteiger partial charge in [-0.3, -0.25) is 4.90 Å². The van der Waals surface area contributed by atoms with Gasteiger partial charge in [-0.15, -0.1) is 0 Å². The summed E-state index contributed by atoms with van der Waals surface area (Å²) in [7, 11) is 0. The van der Waals surface area contributed by atoms with E-state index in [1.807, 2.05) is 18.3 Å². The molecule has 0 aliphatic carbocycles. The number of fused-ring (bicyclic) bond motifs is 1. The van der Waals surface area contributed by atoms with Crippen molar-refractivity contribution in [2.45, 2.75) is 38.9 Å². The van der Waals surface area contributed by atoms with E-state index < -0.39 is 0 Å². The molecule has 0 amide bonds. The van der Waals surface area contributed by atoms with E-state index in [9.17, 15) is 0 Å². The van der Waals surface area contributed by atoms with Crippen molar-refractivity contribution >= 4 is 5.82 Å². The Morgan fingerprint density at radius 2 is 1.65 bits per heavy atom. The maximum atomic E-state index is 5.76. The first-order valence-electron chi connectivity index (χ1n) is 11.2. The zero-order valence-electron chi connectivity index (χ0n) is 17.9. The molecule has 160 valence electrons. The van der Waals surface area contributed by atoms with Crippen LogP contribution in [-0.2, 0) is 19.6 Å². The van der Waals surface area contributed by atoms with E-state index in [2.05, 4.69) is 63.3 Å². The minimum atomic E-state index is 0.300. The van der Waals surface area contributed by atoms with Crippen molar-refractivity contribution in [3.63, 3.8) is 0 Å². The molecule has 0 N–H and O–H groups in total. The van der Waals surface area contributed by atoms with Crippen LogP contribution in [0.15, 0.2) is 66.9 Å². The summed E-state index contributed by atoms with van der Waals surface area (Å²) in [5.41, 5.74) is 3.75. The average Bonchev–Trinajstić information content (AvgIpc) is 3.31. The van der Waals surface area contributed by atoms with Crippen molar-refractivity contribution < 1.29 is 9.47 Å². The van der Waals surface area contributed by atoms with Crippen LogP contribution in [-0.4, -0.2) is 29.8 Å². The monoisotopic (exact) mass is 415 g/mol. The summed E-state index contributed by atoms with van der Waals surface area (Å²) in [6.45, 7) is 5.03. The molecule has 3 aromatic rings. The molecule has 1 saturated heterocycles. The van der Waals surface area contributed by atoms with E-state index in [1.165, 1.54) is 30.4 Å². The highest BCUT2D eigenvalue weighted by molar-refractivity contribution is 5.48. The van der Waals surface area contributed by atoms with Gasteiger partial charge in [-0.1, -0.05) is 42.5 Å². The minimum absolute atomic E-state index is 0.300. The minimum Gasteiger partial charge on any atom is -0.454 e. The molecule has 3 heterocycles. The summed E-state index contributed by atoms with van der Waals surface area (Å²) in [6.07, 6.45) is 5.80. The number of nitrogens with zero attached hydrogens (tertiary/aromatic N) is 3. The van der Waals surface area contributed by atoms with Gasteiger partial charge in [0, 0.05) is 44.5 Å². The molecule has 0 unspecified atom stereocenters. The molecule has 0 spiro atoms. The smallest absolute Gasteiger partial charge is 0.231 e. The van der Waals surface area contributed by atoms with Crippen LogP contribution >= 0.6 is 0 Å². The van der Waals surface area contributed by atoms with Gasteiger partial charge in [0.1, 0.15) is 5.82 Å². The number of ether oxygens (including phenoxy) is 2. The first-order chi connectivity index (χ1) is 15.3. The van der Waals surface area contributed by atoms with Crippen LogP contribution in [0.4, 0.5) is 5.82 Å². The Morgan fingerprint density at radius 1 is 0.806 bits per heavy atom. The zero-order valence-corrected chi connectivity index (χ0v) is 17.9. The number of hydrogen-bond acceptors (Lipinski definition) is 5. The Hall–Kier alpha value is -3.05. The number of piperidine rings is 1. The van der Waals surface area contributed by atoms with Gasteiger partial charge in [0.25, 0.3) is 0 Å². The summed E-state index contributed by atoms with van der Waals surface area (Å²) >= 11 is 0. The third-order valence-corrected chi connectivity index (χ3v) is 6.02. The van der Waals surface area contributed by atoms with E-state index in [4.69, 9.17) is 9.47 Å². The molecule has 31 heavy (non-hydrogen) atoms. The second kappa shape index (κ2) is 9.40. The van der Waals surface area contributed by atoms with E-state index in [-0.39, 0.29) is 0 Å². The highest BCUT2D eigenvalue weighted by Gasteiger charge is 2.20. The fourth-order valence-electron chi connectivity index (χ4n) is 4.48. The van der Waals surface area contributed by atoms with Gasteiger partial charge < -0.3 is 14.4 Å². The van der Waals surface area contributed by atoms with Crippen molar-refractivity contribution in [2.24, 2.45) is 0 Å². The number of anilines is 1. The van der Waals surface area contributed by atoms with Crippen molar-refractivity contribution in [1.82, 2.24) is 9.88 Å². The molecule has 2 aliphatic rings. The lowest BCUT2D eigenvalue weighted by atomic mass is 10.1. The van der Waals surface area contributed by atoms with Crippen LogP contribution < -0.4 is 14.4 Å². The summed E-state index contributed by atoms with van der Waals surface area (Å²) in [5, 5.41) is 0. The molecule has 2 aliphatic heterocycles. The first kappa shape index (κ1) is 19.9. The van der Waals surface area contributed by atoms with Crippen LogP contribution in [0.5, 0.6) is 11.5 Å². The number of para-hydroxylation sites is 1. The molecule has 0 radical (unpaired) electrons. The second-order valence-electron chi connectivity index (χ2n) is 8.35. The van der Waals surface area contributed by atoms with Crippen molar-refractivity contribution in [3.05, 3.63) is 83.6 Å². The van der Waals surface area contributed by atoms with Crippen molar-refractivity contribution in [1.29, 1.82) is 0 Å². The molecule has 1 aromatic heterocycles. The van der Waals surface area contributed by atoms with Crippen molar-refractivity contribution in [2.75, 3.05) is 24.8 Å². The molecule has 0 atom stereocenters. The van der Waals surface area contributed by atoms with Crippen LogP contribution in [0.3, 0.4) is 0 Å². The van der Waals surface area contributed by atoms with E-state index in [0.29, 0.717) is 6.79 Å². The number of hydrogen-bond donors (Lipinski definition) is 0. The summed E-state index contributed by atoms with van der Waals surface area (Å²) in [4.78, 5) is 9.54. The molecule has 1 fully saturated rings. The normalized spacial score (nSPS) is 15.5. The molecular weight excluding hydrogens is 386 g/mol. The van der Waals surface area contributed by atoms with Crippen LogP contribution in [0.1, 0.15) is 36.0 Å². The van der Waals surface area contributed by atoms with E-state index in [0.717, 1.165) is 55.6 Å². The highest BCUT2D eigenvalue weighted by Crippen LogP contribution is 2.36. The predicted octanol–water partition coefficient (Wildman–Crippen LogP) is 5.00. The summed E-state index contributed by atoms with van der Waals surface area (Å²) < 4.78 is 11.3.